The summed E-state index contributed by atoms with van der Waals surface area (Å²) in [5.41, 5.74) is 0.736. The smallest absolute Gasteiger partial charge is 0.321 e. The predicted octanol–water partition coefficient (Wildman–Crippen LogP) is 1.32. The van der Waals surface area contributed by atoms with Crippen LogP contribution in [-0.4, -0.2) is 25.0 Å². The SMILES string of the molecule is CNC(=O)NC(=O)C(C)N[C@H](C)c1cccc(F)c1. The minimum atomic E-state index is -0.574. The molecule has 5 nitrogen and oxygen atoms in total. The molecule has 2 atom stereocenters. The largest absolute Gasteiger partial charge is 0.341 e. The van der Waals surface area contributed by atoms with Crippen LogP contribution in [0.3, 0.4) is 0 Å². The van der Waals surface area contributed by atoms with E-state index >= 15 is 0 Å². The van der Waals surface area contributed by atoms with Gasteiger partial charge in [-0.15, -0.1) is 0 Å². The second-order valence-corrected chi connectivity index (χ2v) is 4.23. The maximum atomic E-state index is 13.1. The number of benzene rings is 1. The number of hydrogen-bond acceptors (Lipinski definition) is 3. The molecule has 0 radical (unpaired) electrons. The summed E-state index contributed by atoms with van der Waals surface area (Å²) in [6.45, 7) is 3.45. The van der Waals surface area contributed by atoms with E-state index < -0.39 is 18.0 Å². The monoisotopic (exact) mass is 267 g/mol. The van der Waals surface area contributed by atoms with Gasteiger partial charge in [0.2, 0.25) is 5.91 Å². The summed E-state index contributed by atoms with van der Waals surface area (Å²) < 4.78 is 13.1. The molecule has 6 heteroatoms. The summed E-state index contributed by atoms with van der Waals surface area (Å²) in [7, 11) is 1.43. The van der Waals surface area contributed by atoms with E-state index in [4.69, 9.17) is 0 Å². The van der Waals surface area contributed by atoms with Crippen molar-refractivity contribution in [1.82, 2.24) is 16.0 Å². The topological polar surface area (TPSA) is 70.2 Å². The summed E-state index contributed by atoms with van der Waals surface area (Å²) in [4.78, 5) is 22.6. The molecule has 0 spiro atoms. The van der Waals surface area contributed by atoms with E-state index in [0.29, 0.717) is 0 Å². The van der Waals surface area contributed by atoms with Gasteiger partial charge in [0.25, 0.3) is 0 Å². The highest BCUT2D eigenvalue weighted by molar-refractivity contribution is 5.96. The molecule has 0 aliphatic carbocycles. The third-order valence-electron chi connectivity index (χ3n) is 2.71. The molecule has 0 aliphatic rings. The maximum Gasteiger partial charge on any atom is 0.321 e. The second-order valence-electron chi connectivity index (χ2n) is 4.23. The third-order valence-corrected chi connectivity index (χ3v) is 2.71. The van der Waals surface area contributed by atoms with Crippen molar-refractivity contribution in [1.29, 1.82) is 0 Å². The highest BCUT2D eigenvalue weighted by Crippen LogP contribution is 2.13. The Balaban J connectivity index is 2.58. The molecule has 0 fully saturated rings. The number of rotatable bonds is 4. The minimum absolute atomic E-state index is 0.207. The van der Waals surface area contributed by atoms with Crippen molar-refractivity contribution in [2.24, 2.45) is 0 Å². The van der Waals surface area contributed by atoms with Gasteiger partial charge in [0, 0.05) is 13.1 Å². The molecule has 3 N–H and O–H groups in total. The molecule has 3 amide bonds. The number of imide groups is 1. The third kappa shape index (κ3) is 4.67. The van der Waals surface area contributed by atoms with Crippen LogP contribution in [-0.2, 0) is 4.79 Å². The Morgan fingerprint density at radius 3 is 2.53 bits per heavy atom. The van der Waals surface area contributed by atoms with E-state index in [2.05, 4.69) is 16.0 Å². The zero-order valence-electron chi connectivity index (χ0n) is 11.2. The van der Waals surface area contributed by atoms with E-state index in [1.165, 1.54) is 19.2 Å². The lowest BCUT2D eigenvalue weighted by Crippen LogP contribution is -2.47. The van der Waals surface area contributed by atoms with Gasteiger partial charge in [0.15, 0.2) is 0 Å². The molecule has 19 heavy (non-hydrogen) atoms. The molecule has 1 rings (SSSR count). The lowest BCUT2D eigenvalue weighted by atomic mass is 10.1. The molecule has 0 bridgehead atoms. The standard InChI is InChI=1S/C13H18FN3O2/c1-8(10-5-4-6-11(14)7-10)16-9(2)12(18)17-13(19)15-3/h4-9,16H,1-3H3,(H2,15,17,18,19)/t8-,9?/m1/s1. The summed E-state index contributed by atoms with van der Waals surface area (Å²) >= 11 is 0. The number of nitrogens with one attached hydrogen (secondary N) is 3. The van der Waals surface area contributed by atoms with E-state index in [0.717, 1.165) is 5.56 Å². The van der Waals surface area contributed by atoms with Crippen LogP contribution in [0.1, 0.15) is 25.5 Å². The lowest BCUT2D eigenvalue weighted by Gasteiger charge is -2.19. The number of amides is 3. The molecule has 1 aromatic carbocycles. The Bertz CT molecular complexity index is 465. The number of halogens is 1. The van der Waals surface area contributed by atoms with Crippen LogP contribution in [0.25, 0.3) is 0 Å². The average Bonchev–Trinajstić information content (AvgIpc) is 2.38. The number of urea groups is 1. The van der Waals surface area contributed by atoms with Gasteiger partial charge in [0.05, 0.1) is 6.04 Å². The van der Waals surface area contributed by atoms with Crippen molar-refractivity contribution in [3.8, 4) is 0 Å². The highest BCUT2D eigenvalue weighted by atomic mass is 19.1. The van der Waals surface area contributed by atoms with Crippen LogP contribution >= 0.6 is 0 Å². The minimum Gasteiger partial charge on any atom is -0.341 e. The first-order valence-electron chi connectivity index (χ1n) is 5.98. The second kappa shape index (κ2) is 6.84. The zero-order chi connectivity index (χ0) is 14.4. The van der Waals surface area contributed by atoms with Gasteiger partial charge in [-0.05, 0) is 31.5 Å². The summed E-state index contributed by atoms with van der Waals surface area (Å²) in [6.07, 6.45) is 0. The van der Waals surface area contributed by atoms with E-state index in [9.17, 15) is 14.0 Å². The molecule has 0 saturated heterocycles. The highest BCUT2D eigenvalue weighted by Gasteiger charge is 2.17. The first kappa shape index (κ1) is 15.1. The number of hydrogen-bond donors (Lipinski definition) is 3. The van der Waals surface area contributed by atoms with Gasteiger partial charge in [-0.25, -0.2) is 9.18 Å². The van der Waals surface area contributed by atoms with E-state index in [-0.39, 0.29) is 11.9 Å². The summed E-state index contributed by atoms with van der Waals surface area (Å²) in [5.74, 6) is -0.767. The Morgan fingerprint density at radius 2 is 1.95 bits per heavy atom. The van der Waals surface area contributed by atoms with Gasteiger partial charge in [-0.3, -0.25) is 15.4 Å². The summed E-state index contributed by atoms with van der Waals surface area (Å²) in [6, 6.07) is 4.80. The van der Waals surface area contributed by atoms with Crippen molar-refractivity contribution in [3.63, 3.8) is 0 Å². The number of carbonyl (C=O) groups is 2. The van der Waals surface area contributed by atoms with Crippen LogP contribution in [0.2, 0.25) is 0 Å². The average molecular weight is 267 g/mol. The molecule has 1 unspecified atom stereocenters. The zero-order valence-corrected chi connectivity index (χ0v) is 11.2. The molecule has 104 valence electrons. The van der Waals surface area contributed by atoms with Gasteiger partial charge >= 0.3 is 6.03 Å². The van der Waals surface area contributed by atoms with Crippen LogP contribution in [0.5, 0.6) is 0 Å². The van der Waals surface area contributed by atoms with E-state index in [1.807, 2.05) is 6.92 Å². The fourth-order valence-corrected chi connectivity index (χ4v) is 1.61. The Kier molecular flexibility index (Phi) is 5.44. The summed E-state index contributed by atoms with van der Waals surface area (Å²) in [5, 5.41) is 7.46. The quantitative estimate of drug-likeness (QED) is 0.770. The normalized spacial score (nSPS) is 13.5. The van der Waals surface area contributed by atoms with Crippen LogP contribution in [0, 0.1) is 5.82 Å². The van der Waals surface area contributed by atoms with Crippen molar-refractivity contribution in [2.75, 3.05) is 7.05 Å². The predicted molar refractivity (Wildman–Crippen MR) is 70.0 cm³/mol. The van der Waals surface area contributed by atoms with Gasteiger partial charge < -0.3 is 5.32 Å². The lowest BCUT2D eigenvalue weighted by molar-refractivity contribution is -0.121. The molecule has 0 heterocycles. The fraction of sp³-hybridized carbons (Fsp3) is 0.385. The van der Waals surface area contributed by atoms with Crippen LogP contribution in [0.15, 0.2) is 24.3 Å². The van der Waals surface area contributed by atoms with Crippen molar-refractivity contribution in [3.05, 3.63) is 35.6 Å². The van der Waals surface area contributed by atoms with Gasteiger partial charge in [-0.1, -0.05) is 12.1 Å². The van der Waals surface area contributed by atoms with Gasteiger partial charge in [-0.2, -0.15) is 0 Å². The molecule has 0 aliphatic heterocycles. The van der Waals surface area contributed by atoms with Crippen molar-refractivity contribution >= 4 is 11.9 Å². The van der Waals surface area contributed by atoms with Gasteiger partial charge in [0.1, 0.15) is 5.82 Å². The first-order chi connectivity index (χ1) is 8.93. The Hall–Kier alpha value is -1.95. The molecule has 0 aromatic heterocycles. The molecule has 0 saturated carbocycles. The maximum absolute atomic E-state index is 13.1. The van der Waals surface area contributed by atoms with Crippen molar-refractivity contribution < 1.29 is 14.0 Å². The Labute approximate surface area is 111 Å². The Morgan fingerprint density at radius 1 is 1.26 bits per heavy atom. The number of carbonyl (C=O) groups excluding carboxylic acids is 2. The fourth-order valence-electron chi connectivity index (χ4n) is 1.61. The van der Waals surface area contributed by atoms with Crippen LogP contribution < -0.4 is 16.0 Å². The van der Waals surface area contributed by atoms with Crippen molar-refractivity contribution in [2.45, 2.75) is 25.9 Å². The molecule has 1 aromatic rings. The van der Waals surface area contributed by atoms with Crippen LogP contribution in [0.4, 0.5) is 9.18 Å². The molecular weight excluding hydrogens is 249 g/mol. The van der Waals surface area contributed by atoms with E-state index in [1.54, 1.807) is 19.1 Å². The first-order valence-corrected chi connectivity index (χ1v) is 5.98. The molecular formula is C13H18FN3O2.